The van der Waals surface area contributed by atoms with Crippen molar-refractivity contribution < 1.29 is 4.74 Å². The summed E-state index contributed by atoms with van der Waals surface area (Å²) in [6, 6.07) is 14.8. The van der Waals surface area contributed by atoms with Gasteiger partial charge in [0, 0.05) is 33.4 Å². The molecule has 4 rings (SSSR count). The Labute approximate surface area is 123 Å². The highest BCUT2D eigenvalue weighted by Gasteiger charge is 2.24. The average molecular weight is 278 g/mol. The number of hydrogen-bond donors (Lipinski definition) is 2. The predicted molar refractivity (Wildman–Crippen MR) is 85.4 cm³/mol. The lowest BCUT2D eigenvalue weighted by molar-refractivity contribution is 0.0512. The summed E-state index contributed by atoms with van der Waals surface area (Å²) in [5, 5.41) is 4.74. The molecule has 1 aromatic heterocycles. The first kappa shape index (κ1) is 12.5. The normalized spacial score (nSPS) is 17.5. The standard InChI is InChI=1S/C18H18N2O/c1-11-7-8-15-13(9-11)10-21-18(20-15)17-12(2)19-16-6-4-3-5-14(16)17/h3-9,18-20H,10H2,1-2H3. The molecule has 0 saturated carbocycles. The van der Waals surface area contributed by atoms with Crippen LogP contribution in [0.2, 0.25) is 0 Å². The lowest BCUT2D eigenvalue weighted by Gasteiger charge is -2.28. The Morgan fingerprint density at radius 2 is 1.95 bits per heavy atom. The summed E-state index contributed by atoms with van der Waals surface area (Å²) in [5.74, 6) is 0. The molecule has 21 heavy (non-hydrogen) atoms. The monoisotopic (exact) mass is 278 g/mol. The number of aromatic amines is 1. The number of aromatic nitrogens is 1. The minimum atomic E-state index is -0.101. The van der Waals surface area contributed by atoms with Crippen molar-refractivity contribution in [3.63, 3.8) is 0 Å². The summed E-state index contributed by atoms with van der Waals surface area (Å²) in [5.41, 5.74) is 7.18. The first-order chi connectivity index (χ1) is 10.2. The van der Waals surface area contributed by atoms with E-state index in [0.717, 1.165) is 11.2 Å². The Balaban J connectivity index is 1.77. The van der Waals surface area contributed by atoms with Crippen LogP contribution in [-0.2, 0) is 11.3 Å². The number of fused-ring (bicyclic) bond motifs is 2. The first-order valence-corrected chi connectivity index (χ1v) is 7.27. The Kier molecular flexibility index (Phi) is 2.76. The van der Waals surface area contributed by atoms with Gasteiger partial charge in [0.25, 0.3) is 0 Å². The largest absolute Gasteiger partial charge is 0.358 e. The second-order valence-corrected chi connectivity index (χ2v) is 5.71. The molecule has 106 valence electrons. The van der Waals surface area contributed by atoms with E-state index in [1.54, 1.807) is 0 Å². The highest BCUT2D eigenvalue weighted by atomic mass is 16.5. The third-order valence-electron chi connectivity index (χ3n) is 4.16. The van der Waals surface area contributed by atoms with Gasteiger partial charge in [0.2, 0.25) is 0 Å². The number of hydrogen-bond acceptors (Lipinski definition) is 2. The van der Waals surface area contributed by atoms with Crippen LogP contribution in [0.25, 0.3) is 10.9 Å². The van der Waals surface area contributed by atoms with E-state index in [4.69, 9.17) is 4.74 Å². The van der Waals surface area contributed by atoms with Crippen molar-refractivity contribution >= 4 is 16.6 Å². The van der Waals surface area contributed by atoms with E-state index in [9.17, 15) is 0 Å². The molecule has 1 aliphatic heterocycles. The molecule has 2 aromatic carbocycles. The fourth-order valence-electron chi connectivity index (χ4n) is 3.13. The quantitative estimate of drug-likeness (QED) is 0.691. The molecule has 0 amide bonds. The van der Waals surface area contributed by atoms with Crippen LogP contribution in [0.3, 0.4) is 0 Å². The molecule has 0 saturated heterocycles. The number of aryl methyl sites for hydroxylation is 2. The number of para-hydroxylation sites is 1. The third kappa shape index (κ3) is 2.01. The van der Waals surface area contributed by atoms with Crippen LogP contribution in [0.4, 0.5) is 5.69 Å². The summed E-state index contributed by atoms with van der Waals surface area (Å²) < 4.78 is 6.06. The zero-order chi connectivity index (χ0) is 14.4. The zero-order valence-corrected chi connectivity index (χ0v) is 12.2. The molecule has 0 bridgehead atoms. The van der Waals surface area contributed by atoms with Crippen LogP contribution in [0, 0.1) is 13.8 Å². The van der Waals surface area contributed by atoms with Crippen molar-refractivity contribution in [2.24, 2.45) is 0 Å². The van der Waals surface area contributed by atoms with Gasteiger partial charge in [-0.3, -0.25) is 0 Å². The minimum Gasteiger partial charge on any atom is -0.358 e. The molecule has 0 spiro atoms. The number of anilines is 1. The summed E-state index contributed by atoms with van der Waals surface area (Å²) in [6.07, 6.45) is -0.101. The second kappa shape index (κ2) is 4.64. The molecular formula is C18H18N2O. The van der Waals surface area contributed by atoms with E-state index in [-0.39, 0.29) is 6.23 Å². The van der Waals surface area contributed by atoms with Gasteiger partial charge in [0.15, 0.2) is 6.23 Å². The zero-order valence-electron chi connectivity index (χ0n) is 12.2. The van der Waals surface area contributed by atoms with E-state index >= 15 is 0 Å². The van der Waals surface area contributed by atoms with Gasteiger partial charge < -0.3 is 15.0 Å². The molecule has 3 heteroatoms. The van der Waals surface area contributed by atoms with Gasteiger partial charge in [0.1, 0.15) is 0 Å². The van der Waals surface area contributed by atoms with Gasteiger partial charge in [-0.25, -0.2) is 0 Å². The van der Waals surface area contributed by atoms with Crippen molar-refractivity contribution in [2.75, 3.05) is 5.32 Å². The lowest BCUT2D eigenvalue weighted by Crippen LogP contribution is -2.21. The van der Waals surface area contributed by atoms with Crippen molar-refractivity contribution in [1.82, 2.24) is 4.98 Å². The minimum absolute atomic E-state index is 0.101. The van der Waals surface area contributed by atoms with E-state index < -0.39 is 0 Å². The summed E-state index contributed by atoms with van der Waals surface area (Å²) in [4.78, 5) is 3.44. The summed E-state index contributed by atoms with van der Waals surface area (Å²) >= 11 is 0. The van der Waals surface area contributed by atoms with Gasteiger partial charge in [0.05, 0.1) is 6.61 Å². The topological polar surface area (TPSA) is 37.0 Å². The third-order valence-corrected chi connectivity index (χ3v) is 4.16. The maximum atomic E-state index is 6.06. The van der Waals surface area contributed by atoms with Crippen molar-refractivity contribution in [2.45, 2.75) is 26.7 Å². The van der Waals surface area contributed by atoms with Crippen LogP contribution in [-0.4, -0.2) is 4.98 Å². The maximum Gasteiger partial charge on any atom is 0.156 e. The van der Waals surface area contributed by atoms with Gasteiger partial charge >= 0.3 is 0 Å². The molecule has 0 aliphatic carbocycles. The highest BCUT2D eigenvalue weighted by molar-refractivity contribution is 5.85. The lowest BCUT2D eigenvalue weighted by atomic mass is 10.1. The Hall–Kier alpha value is -2.26. The fraction of sp³-hybridized carbons (Fsp3) is 0.222. The van der Waals surface area contributed by atoms with E-state index in [1.165, 1.54) is 27.8 Å². The predicted octanol–water partition coefficient (Wildman–Crippen LogP) is 4.43. The molecule has 0 fully saturated rings. The Bertz CT molecular complexity index is 819. The maximum absolute atomic E-state index is 6.06. The average Bonchev–Trinajstić information content (AvgIpc) is 2.82. The van der Waals surface area contributed by atoms with Crippen LogP contribution in [0.5, 0.6) is 0 Å². The van der Waals surface area contributed by atoms with Crippen LogP contribution >= 0.6 is 0 Å². The summed E-state index contributed by atoms with van der Waals surface area (Å²) in [7, 11) is 0. The summed E-state index contributed by atoms with van der Waals surface area (Å²) in [6.45, 7) is 4.86. The number of benzene rings is 2. The number of H-pyrrole nitrogens is 1. The van der Waals surface area contributed by atoms with Gasteiger partial charge in [-0.15, -0.1) is 0 Å². The van der Waals surface area contributed by atoms with Gasteiger partial charge in [-0.2, -0.15) is 0 Å². The van der Waals surface area contributed by atoms with E-state index in [2.05, 4.69) is 66.6 Å². The number of nitrogens with one attached hydrogen (secondary N) is 2. The Morgan fingerprint density at radius 3 is 2.86 bits per heavy atom. The van der Waals surface area contributed by atoms with Crippen molar-refractivity contribution in [3.8, 4) is 0 Å². The smallest absolute Gasteiger partial charge is 0.156 e. The molecule has 2 heterocycles. The van der Waals surface area contributed by atoms with Gasteiger partial charge in [-0.1, -0.05) is 35.9 Å². The molecule has 0 radical (unpaired) electrons. The number of rotatable bonds is 1. The van der Waals surface area contributed by atoms with Crippen LogP contribution < -0.4 is 5.32 Å². The molecule has 1 aliphatic rings. The van der Waals surface area contributed by atoms with Crippen LogP contribution in [0.1, 0.15) is 28.6 Å². The van der Waals surface area contributed by atoms with Gasteiger partial charge in [-0.05, 0) is 26.0 Å². The molecule has 3 aromatic rings. The molecule has 1 unspecified atom stereocenters. The highest BCUT2D eigenvalue weighted by Crippen LogP contribution is 2.35. The van der Waals surface area contributed by atoms with Crippen LogP contribution in [0.15, 0.2) is 42.5 Å². The molecule has 2 N–H and O–H groups in total. The van der Waals surface area contributed by atoms with Crippen molar-refractivity contribution in [1.29, 1.82) is 0 Å². The first-order valence-electron chi connectivity index (χ1n) is 7.27. The van der Waals surface area contributed by atoms with E-state index in [0.29, 0.717) is 6.61 Å². The molecular weight excluding hydrogens is 260 g/mol. The van der Waals surface area contributed by atoms with Crippen molar-refractivity contribution in [3.05, 3.63) is 64.8 Å². The fourth-order valence-corrected chi connectivity index (χ4v) is 3.13. The van der Waals surface area contributed by atoms with E-state index in [1.807, 2.05) is 0 Å². The SMILES string of the molecule is Cc1ccc2c(c1)COC(c1c(C)[nH]c3ccccc13)N2. The number of ether oxygens (including phenoxy) is 1. The Morgan fingerprint density at radius 1 is 1.10 bits per heavy atom. The molecule has 3 nitrogen and oxygen atoms in total. The molecule has 1 atom stereocenters. The second-order valence-electron chi connectivity index (χ2n) is 5.71.